The first-order chi connectivity index (χ1) is 5.27. The average molecular weight is 148 g/mol. The third-order valence-electron chi connectivity index (χ3n) is 1.57. The van der Waals surface area contributed by atoms with Crippen molar-refractivity contribution in [1.29, 1.82) is 0 Å². The normalized spacial score (nSPS) is 10.5. The number of nitrogen functional groups attached to an aromatic ring is 2. The van der Waals surface area contributed by atoms with Crippen molar-refractivity contribution >= 4 is 17.2 Å². The molecule has 0 aliphatic rings. The predicted molar refractivity (Wildman–Crippen MR) is 44.0 cm³/mol. The minimum Gasteiger partial charge on any atom is -0.399 e. The number of rotatable bonds is 0. The van der Waals surface area contributed by atoms with Crippen molar-refractivity contribution in [1.82, 2.24) is 9.38 Å². The second-order valence-corrected chi connectivity index (χ2v) is 2.37. The fraction of sp³-hybridized carbons (Fsp3) is 0. The van der Waals surface area contributed by atoms with Gasteiger partial charge in [-0.1, -0.05) is 0 Å². The molecule has 0 atom stereocenters. The highest BCUT2D eigenvalue weighted by atomic mass is 15.1. The molecule has 0 aliphatic heterocycles. The van der Waals surface area contributed by atoms with Crippen LogP contribution < -0.4 is 11.5 Å². The molecule has 2 rings (SSSR count). The lowest BCUT2D eigenvalue weighted by molar-refractivity contribution is 1.20. The van der Waals surface area contributed by atoms with E-state index in [2.05, 4.69) is 4.98 Å². The molecule has 0 unspecified atom stereocenters. The number of pyridine rings is 1. The summed E-state index contributed by atoms with van der Waals surface area (Å²) in [6.07, 6.45) is 3.40. The molecule has 2 aromatic rings. The molecule has 0 fully saturated rings. The van der Waals surface area contributed by atoms with Crippen LogP contribution in [0.5, 0.6) is 0 Å². The third-order valence-corrected chi connectivity index (χ3v) is 1.57. The fourth-order valence-electron chi connectivity index (χ4n) is 1.02. The SMILES string of the molecule is Nc1ccn2c(N)cnc2c1. The van der Waals surface area contributed by atoms with Gasteiger partial charge in [-0.05, 0) is 6.07 Å². The number of anilines is 2. The number of hydrogen-bond acceptors (Lipinski definition) is 3. The molecule has 0 spiro atoms. The minimum atomic E-state index is 0.625. The van der Waals surface area contributed by atoms with E-state index < -0.39 is 0 Å². The standard InChI is InChI=1S/C7H8N4/c8-5-1-2-11-6(9)4-10-7(11)3-5/h1-4H,8-9H2. The van der Waals surface area contributed by atoms with Crippen LogP contribution in [-0.2, 0) is 0 Å². The summed E-state index contributed by atoms with van der Waals surface area (Å²) in [5.41, 5.74) is 12.6. The third kappa shape index (κ3) is 0.797. The summed E-state index contributed by atoms with van der Waals surface area (Å²) in [6, 6.07) is 3.56. The molecule has 0 saturated carbocycles. The van der Waals surface area contributed by atoms with Crippen LogP contribution in [0.25, 0.3) is 5.65 Å². The van der Waals surface area contributed by atoms with Gasteiger partial charge in [0.25, 0.3) is 0 Å². The van der Waals surface area contributed by atoms with E-state index in [1.54, 1.807) is 28.9 Å². The Morgan fingerprint density at radius 1 is 1.36 bits per heavy atom. The number of nitrogens with two attached hydrogens (primary N) is 2. The average Bonchev–Trinajstić information content (AvgIpc) is 2.32. The van der Waals surface area contributed by atoms with Crippen LogP contribution in [0.1, 0.15) is 0 Å². The van der Waals surface area contributed by atoms with Crippen molar-refractivity contribution < 1.29 is 0 Å². The summed E-state index contributed by atoms with van der Waals surface area (Å²) < 4.78 is 1.77. The first-order valence-corrected chi connectivity index (χ1v) is 3.25. The summed E-state index contributed by atoms with van der Waals surface area (Å²) in [4.78, 5) is 4.04. The molecule has 0 aliphatic carbocycles. The number of fused-ring (bicyclic) bond motifs is 1. The van der Waals surface area contributed by atoms with Gasteiger partial charge < -0.3 is 11.5 Å². The molecule has 0 saturated heterocycles. The molecule has 4 N–H and O–H groups in total. The van der Waals surface area contributed by atoms with Crippen molar-refractivity contribution in [2.75, 3.05) is 11.5 Å². The van der Waals surface area contributed by atoms with Crippen LogP contribution in [0.3, 0.4) is 0 Å². The van der Waals surface area contributed by atoms with E-state index in [9.17, 15) is 0 Å². The Labute approximate surface area is 63.4 Å². The topological polar surface area (TPSA) is 69.3 Å². The van der Waals surface area contributed by atoms with Crippen LogP contribution in [0.2, 0.25) is 0 Å². The summed E-state index contributed by atoms with van der Waals surface area (Å²) in [7, 11) is 0. The van der Waals surface area contributed by atoms with E-state index in [0.717, 1.165) is 5.65 Å². The highest BCUT2D eigenvalue weighted by Gasteiger charge is 1.97. The Balaban J connectivity index is 2.86. The van der Waals surface area contributed by atoms with Gasteiger partial charge in [0.2, 0.25) is 0 Å². The van der Waals surface area contributed by atoms with Crippen LogP contribution in [0.4, 0.5) is 11.5 Å². The van der Waals surface area contributed by atoms with Gasteiger partial charge >= 0.3 is 0 Å². The molecule has 0 radical (unpaired) electrons. The maximum absolute atomic E-state index is 5.59. The first-order valence-electron chi connectivity index (χ1n) is 3.25. The quantitative estimate of drug-likeness (QED) is 0.571. The highest BCUT2D eigenvalue weighted by molar-refractivity contribution is 5.55. The second-order valence-electron chi connectivity index (χ2n) is 2.37. The predicted octanol–water partition coefficient (Wildman–Crippen LogP) is 0.499. The van der Waals surface area contributed by atoms with Gasteiger partial charge in [0, 0.05) is 18.0 Å². The summed E-state index contributed by atoms with van der Waals surface area (Å²) in [5, 5.41) is 0. The number of imidazole rings is 1. The Bertz CT molecular complexity index is 390. The minimum absolute atomic E-state index is 0.625. The summed E-state index contributed by atoms with van der Waals surface area (Å²) >= 11 is 0. The van der Waals surface area contributed by atoms with Gasteiger partial charge in [-0.25, -0.2) is 4.98 Å². The van der Waals surface area contributed by atoms with Crippen LogP contribution in [0.15, 0.2) is 24.5 Å². The summed E-state index contributed by atoms with van der Waals surface area (Å²) in [5.74, 6) is 0.625. The summed E-state index contributed by atoms with van der Waals surface area (Å²) in [6.45, 7) is 0. The van der Waals surface area contributed by atoms with Gasteiger partial charge in [-0.2, -0.15) is 0 Å². The number of nitrogens with zero attached hydrogens (tertiary/aromatic N) is 2. The van der Waals surface area contributed by atoms with Crippen molar-refractivity contribution in [3.63, 3.8) is 0 Å². The molecule has 0 aromatic carbocycles. The van der Waals surface area contributed by atoms with Gasteiger partial charge in [0.05, 0.1) is 6.20 Å². The van der Waals surface area contributed by atoms with Crippen molar-refractivity contribution in [3.05, 3.63) is 24.5 Å². The zero-order valence-electron chi connectivity index (χ0n) is 5.86. The van der Waals surface area contributed by atoms with Gasteiger partial charge in [-0.3, -0.25) is 4.40 Å². The highest BCUT2D eigenvalue weighted by Crippen LogP contribution is 2.10. The molecular weight excluding hydrogens is 140 g/mol. The van der Waals surface area contributed by atoms with E-state index in [-0.39, 0.29) is 0 Å². The van der Waals surface area contributed by atoms with Crippen molar-refractivity contribution in [2.45, 2.75) is 0 Å². The molecule has 2 heterocycles. The molecule has 4 nitrogen and oxygen atoms in total. The zero-order valence-corrected chi connectivity index (χ0v) is 5.86. The van der Waals surface area contributed by atoms with E-state index in [0.29, 0.717) is 11.5 Å². The number of hydrogen-bond donors (Lipinski definition) is 2. The van der Waals surface area contributed by atoms with Crippen LogP contribution in [-0.4, -0.2) is 9.38 Å². The Morgan fingerprint density at radius 3 is 3.00 bits per heavy atom. The van der Waals surface area contributed by atoms with Crippen molar-refractivity contribution in [3.8, 4) is 0 Å². The van der Waals surface area contributed by atoms with Gasteiger partial charge in [0.15, 0.2) is 0 Å². The fourth-order valence-corrected chi connectivity index (χ4v) is 1.02. The van der Waals surface area contributed by atoms with Crippen molar-refractivity contribution in [2.24, 2.45) is 0 Å². The maximum atomic E-state index is 5.59. The van der Waals surface area contributed by atoms with E-state index in [4.69, 9.17) is 11.5 Å². The van der Waals surface area contributed by atoms with Crippen LogP contribution >= 0.6 is 0 Å². The Morgan fingerprint density at radius 2 is 2.18 bits per heavy atom. The molecule has 11 heavy (non-hydrogen) atoms. The Hall–Kier alpha value is -1.71. The van der Waals surface area contributed by atoms with Gasteiger partial charge in [-0.15, -0.1) is 0 Å². The molecular formula is C7H8N4. The second kappa shape index (κ2) is 1.88. The Kier molecular flexibility index (Phi) is 1.03. The molecule has 0 amide bonds. The largest absolute Gasteiger partial charge is 0.399 e. The monoisotopic (exact) mass is 148 g/mol. The van der Waals surface area contributed by atoms with E-state index in [1.165, 1.54) is 0 Å². The number of aromatic nitrogens is 2. The lowest BCUT2D eigenvalue weighted by atomic mass is 10.4. The zero-order chi connectivity index (χ0) is 7.84. The smallest absolute Gasteiger partial charge is 0.140 e. The van der Waals surface area contributed by atoms with E-state index >= 15 is 0 Å². The van der Waals surface area contributed by atoms with Crippen LogP contribution in [0, 0.1) is 0 Å². The van der Waals surface area contributed by atoms with E-state index in [1.807, 2.05) is 0 Å². The molecule has 4 heteroatoms. The molecule has 0 bridgehead atoms. The lowest BCUT2D eigenvalue weighted by Crippen LogP contribution is -1.93. The lowest BCUT2D eigenvalue weighted by Gasteiger charge is -1.95. The first kappa shape index (κ1) is 6.03. The van der Waals surface area contributed by atoms with Gasteiger partial charge in [0.1, 0.15) is 11.5 Å². The molecule has 2 aromatic heterocycles. The molecule has 56 valence electrons. The maximum Gasteiger partial charge on any atom is 0.140 e.